The summed E-state index contributed by atoms with van der Waals surface area (Å²) in [7, 11) is 0. The van der Waals surface area contributed by atoms with Crippen LogP contribution in [0.3, 0.4) is 0 Å². The Morgan fingerprint density at radius 1 is 1.04 bits per heavy atom. The Hall–Kier alpha value is -2.49. The smallest absolute Gasteiger partial charge is 0.226 e. The third kappa shape index (κ3) is 4.13. The summed E-state index contributed by atoms with van der Waals surface area (Å²) in [6.07, 6.45) is -0.459. The summed E-state index contributed by atoms with van der Waals surface area (Å²) in [5.74, 6) is -12.4. The standard InChI is InChI=1S/C15H11F5N2O2S/c1-6(23)21-7(8-3-2-4-25-8)5-9(24)22-15-13(19)11(17)10(16)12(18)14(15)20/h2-4,7H,5H2,1H3,(H,21,23)(H,22,24)/t7-/m0/s1. The summed E-state index contributed by atoms with van der Waals surface area (Å²) in [5, 5.41) is 5.83. The van der Waals surface area contributed by atoms with Gasteiger partial charge in [0.05, 0.1) is 12.5 Å². The number of hydrogen-bond acceptors (Lipinski definition) is 3. The van der Waals surface area contributed by atoms with Gasteiger partial charge >= 0.3 is 0 Å². The zero-order valence-corrected chi connectivity index (χ0v) is 13.4. The van der Waals surface area contributed by atoms with E-state index in [1.54, 1.807) is 22.8 Å². The maximum Gasteiger partial charge on any atom is 0.226 e. The molecule has 1 aromatic carbocycles. The fourth-order valence-corrected chi connectivity index (χ4v) is 2.83. The summed E-state index contributed by atoms with van der Waals surface area (Å²) in [5.41, 5.74) is -1.44. The van der Waals surface area contributed by atoms with Crippen LogP contribution in [0.15, 0.2) is 17.5 Å². The molecular formula is C15H11F5N2O2S. The topological polar surface area (TPSA) is 58.2 Å². The van der Waals surface area contributed by atoms with E-state index in [9.17, 15) is 31.5 Å². The van der Waals surface area contributed by atoms with Gasteiger partial charge in [0.25, 0.3) is 0 Å². The molecule has 0 aliphatic rings. The average Bonchev–Trinajstić information content (AvgIpc) is 3.08. The van der Waals surface area contributed by atoms with Crippen molar-refractivity contribution >= 4 is 28.8 Å². The van der Waals surface area contributed by atoms with E-state index in [-0.39, 0.29) is 0 Å². The van der Waals surface area contributed by atoms with Crippen molar-refractivity contribution < 1.29 is 31.5 Å². The molecule has 0 bridgehead atoms. The Morgan fingerprint density at radius 3 is 2.08 bits per heavy atom. The van der Waals surface area contributed by atoms with Crippen molar-refractivity contribution in [1.82, 2.24) is 5.32 Å². The molecule has 0 spiro atoms. The van der Waals surface area contributed by atoms with Gasteiger partial charge in [0, 0.05) is 11.8 Å². The molecule has 0 saturated carbocycles. The molecule has 1 atom stereocenters. The van der Waals surface area contributed by atoms with Crippen LogP contribution in [0, 0.1) is 29.1 Å². The van der Waals surface area contributed by atoms with E-state index in [1.807, 2.05) is 0 Å². The van der Waals surface area contributed by atoms with Crippen molar-refractivity contribution in [2.45, 2.75) is 19.4 Å². The van der Waals surface area contributed by atoms with Gasteiger partial charge in [0.1, 0.15) is 5.69 Å². The average molecular weight is 378 g/mol. The Morgan fingerprint density at radius 2 is 1.60 bits per heavy atom. The monoisotopic (exact) mass is 378 g/mol. The minimum absolute atomic E-state index is 0.456. The Kier molecular flexibility index (Phi) is 5.73. The predicted molar refractivity (Wildman–Crippen MR) is 80.4 cm³/mol. The fourth-order valence-electron chi connectivity index (χ4n) is 2.05. The van der Waals surface area contributed by atoms with Crippen molar-refractivity contribution in [3.63, 3.8) is 0 Å². The molecule has 2 N–H and O–H groups in total. The highest BCUT2D eigenvalue weighted by atomic mass is 32.1. The summed E-state index contributed by atoms with van der Waals surface area (Å²) in [6.45, 7) is 1.21. The zero-order valence-electron chi connectivity index (χ0n) is 12.6. The second kappa shape index (κ2) is 7.60. The lowest BCUT2D eigenvalue weighted by molar-refractivity contribution is -0.120. The lowest BCUT2D eigenvalue weighted by Gasteiger charge is -2.17. The van der Waals surface area contributed by atoms with Crippen molar-refractivity contribution in [1.29, 1.82) is 0 Å². The molecule has 0 aliphatic heterocycles. The van der Waals surface area contributed by atoms with E-state index in [0.29, 0.717) is 4.88 Å². The van der Waals surface area contributed by atoms with Crippen molar-refractivity contribution in [3.05, 3.63) is 51.5 Å². The van der Waals surface area contributed by atoms with Crippen molar-refractivity contribution in [2.24, 2.45) is 0 Å². The molecular weight excluding hydrogens is 367 g/mol. The molecule has 2 rings (SSSR count). The SMILES string of the molecule is CC(=O)N[C@@H](CC(=O)Nc1c(F)c(F)c(F)c(F)c1F)c1cccs1. The first-order valence-corrected chi connectivity index (χ1v) is 7.72. The number of amides is 2. The lowest BCUT2D eigenvalue weighted by Crippen LogP contribution is -2.29. The number of nitrogens with one attached hydrogen (secondary N) is 2. The van der Waals surface area contributed by atoms with Crippen LogP contribution >= 0.6 is 11.3 Å². The zero-order chi connectivity index (χ0) is 18.7. The van der Waals surface area contributed by atoms with Gasteiger partial charge in [-0.05, 0) is 11.4 Å². The van der Waals surface area contributed by atoms with Gasteiger partial charge < -0.3 is 10.6 Å². The van der Waals surface area contributed by atoms with Crippen LogP contribution in [-0.2, 0) is 9.59 Å². The first-order chi connectivity index (χ1) is 11.7. The second-order valence-corrected chi connectivity index (χ2v) is 5.95. The number of carbonyl (C=O) groups is 2. The fraction of sp³-hybridized carbons (Fsp3) is 0.200. The molecule has 0 fully saturated rings. The van der Waals surface area contributed by atoms with Crippen LogP contribution < -0.4 is 10.6 Å². The van der Waals surface area contributed by atoms with Crippen molar-refractivity contribution in [2.75, 3.05) is 5.32 Å². The van der Waals surface area contributed by atoms with Gasteiger partial charge in [-0.1, -0.05) is 6.07 Å². The van der Waals surface area contributed by atoms with Gasteiger partial charge in [-0.25, -0.2) is 22.0 Å². The number of carbonyl (C=O) groups excluding carboxylic acids is 2. The van der Waals surface area contributed by atoms with Gasteiger partial charge in [-0.2, -0.15) is 0 Å². The Bertz CT molecular complexity index is 782. The maximum atomic E-state index is 13.6. The van der Waals surface area contributed by atoms with E-state index < -0.39 is 59.1 Å². The number of benzene rings is 1. The van der Waals surface area contributed by atoms with Gasteiger partial charge in [0.2, 0.25) is 17.6 Å². The molecule has 1 aromatic heterocycles. The highest BCUT2D eigenvalue weighted by Gasteiger charge is 2.27. The van der Waals surface area contributed by atoms with E-state index in [1.165, 1.54) is 18.3 Å². The molecule has 10 heteroatoms. The highest BCUT2D eigenvalue weighted by Crippen LogP contribution is 2.28. The minimum atomic E-state index is -2.32. The third-order valence-corrected chi connectivity index (χ3v) is 4.11. The summed E-state index contributed by atoms with van der Waals surface area (Å²) >= 11 is 1.22. The first-order valence-electron chi connectivity index (χ1n) is 6.84. The van der Waals surface area contributed by atoms with Crippen LogP contribution in [0.25, 0.3) is 0 Å². The number of hydrogen-bond donors (Lipinski definition) is 2. The largest absolute Gasteiger partial charge is 0.348 e. The number of halogens is 5. The molecule has 2 aromatic rings. The highest BCUT2D eigenvalue weighted by molar-refractivity contribution is 7.10. The molecule has 0 radical (unpaired) electrons. The summed E-state index contributed by atoms with van der Waals surface area (Å²) < 4.78 is 66.4. The molecule has 1 heterocycles. The van der Waals surface area contributed by atoms with Gasteiger partial charge in [-0.3, -0.25) is 9.59 Å². The van der Waals surface area contributed by atoms with Crippen LogP contribution in [0.4, 0.5) is 27.6 Å². The third-order valence-electron chi connectivity index (χ3n) is 3.13. The number of rotatable bonds is 5. The van der Waals surface area contributed by atoms with Crippen molar-refractivity contribution in [3.8, 4) is 0 Å². The van der Waals surface area contributed by atoms with Gasteiger partial charge in [-0.15, -0.1) is 11.3 Å². The maximum absolute atomic E-state index is 13.6. The van der Waals surface area contributed by atoms with E-state index in [2.05, 4.69) is 5.32 Å². The van der Waals surface area contributed by atoms with E-state index >= 15 is 0 Å². The normalized spacial score (nSPS) is 11.9. The molecule has 4 nitrogen and oxygen atoms in total. The quantitative estimate of drug-likeness (QED) is 0.474. The lowest BCUT2D eigenvalue weighted by atomic mass is 10.1. The Balaban J connectivity index is 2.23. The van der Waals surface area contributed by atoms with Crippen LogP contribution in [0.5, 0.6) is 0 Å². The first kappa shape index (κ1) is 18.8. The second-order valence-electron chi connectivity index (χ2n) is 4.97. The molecule has 0 saturated heterocycles. The van der Waals surface area contributed by atoms with E-state index in [4.69, 9.17) is 0 Å². The number of thiophene rings is 1. The van der Waals surface area contributed by atoms with E-state index in [0.717, 1.165) is 0 Å². The Labute approximate surface area is 142 Å². The molecule has 0 aliphatic carbocycles. The molecule has 134 valence electrons. The molecule has 25 heavy (non-hydrogen) atoms. The summed E-state index contributed by atoms with van der Waals surface area (Å²) in [6, 6.07) is 2.48. The molecule has 0 unspecified atom stereocenters. The molecule has 2 amide bonds. The van der Waals surface area contributed by atoms with Crippen LogP contribution in [-0.4, -0.2) is 11.8 Å². The predicted octanol–water partition coefficient (Wildman–Crippen LogP) is 3.65. The summed E-state index contributed by atoms with van der Waals surface area (Å²) in [4.78, 5) is 23.8. The number of anilines is 1. The minimum Gasteiger partial charge on any atom is -0.348 e. The van der Waals surface area contributed by atoms with Gasteiger partial charge in [0.15, 0.2) is 23.3 Å². The van der Waals surface area contributed by atoms with Crippen LogP contribution in [0.2, 0.25) is 0 Å². The van der Waals surface area contributed by atoms with Crippen LogP contribution in [0.1, 0.15) is 24.3 Å².